The van der Waals surface area contributed by atoms with E-state index >= 15 is 0 Å². The second-order valence-corrected chi connectivity index (χ2v) is 8.10. The van der Waals surface area contributed by atoms with Crippen LogP contribution in [0.3, 0.4) is 0 Å². The number of carboxylic acid groups (broad SMARTS) is 1. The van der Waals surface area contributed by atoms with Gasteiger partial charge in [-0.2, -0.15) is 0 Å². The zero-order valence-electron chi connectivity index (χ0n) is 20.3. The summed E-state index contributed by atoms with van der Waals surface area (Å²) in [6.07, 6.45) is 4.83. The first-order valence-electron chi connectivity index (χ1n) is 12.0. The van der Waals surface area contributed by atoms with E-state index in [-0.39, 0.29) is 6.03 Å². The van der Waals surface area contributed by atoms with Gasteiger partial charge in [-0.1, -0.05) is 45.7 Å². The molecule has 2 N–H and O–H groups in total. The minimum absolute atomic E-state index is 0.0290. The summed E-state index contributed by atoms with van der Waals surface area (Å²) in [5.41, 5.74) is 0.876. The van der Waals surface area contributed by atoms with E-state index in [1.54, 1.807) is 6.92 Å². The number of nitrogens with one attached hydrogen (secondary N) is 1. The summed E-state index contributed by atoms with van der Waals surface area (Å²) in [5, 5.41) is 12.2. The van der Waals surface area contributed by atoms with E-state index in [1.165, 1.54) is 0 Å². The van der Waals surface area contributed by atoms with Crippen LogP contribution in [0.2, 0.25) is 0 Å². The fourth-order valence-electron chi connectivity index (χ4n) is 3.70. The number of ether oxygens (including phenoxy) is 2. The van der Waals surface area contributed by atoms with Crippen molar-refractivity contribution in [2.75, 3.05) is 32.8 Å². The van der Waals surface area contributed by atoms with Crippen molar-refractivity contribution in [2.45, 2.75) is 72.3 Å². The number of amides is 2. The Morgan fingerprint density at radius 2 is 1.69 bits per heavy atom. The topological polar surface area (TPSA) is 88.1 Å². The first kappa shape index (κ1) is 27.8. The number of hydrogen-bond donors (Lipinski definition) is 2. The van der Waals surface area contributed by atoms with Gasteiger partial charge in [0, 0.05) is 26.1 Å². The molecule has 1 aromatic carbocycles. The third kappa shape index (κ3) is 10.8. The van der Waals surface area contributed by atoms with Crippen LogP contribution in [0.15, 0.2) is 24.3 Å². The fraction of sp³-hybridized carbons (Fsp3) is 0.680. The summed E-state index contributed by atoms with van der Waals surface area (Å²) in [5.74, 6) is 0.242. The molecule has 0 aliphatic rings. The lowest BCUT2D eigenvalue weighted by atomic mass is 9.98. The van der Waals surface area contributed by atoms with Crippen molar-refractivity contribution in [1.82, 2.24) is 10.2 Å². The number of aliphatic carboxylic acids is 1. The number of rotatable bonds is 17. The van der Waals surface area contributed by atoms with Gasteiger partial charge in [-0.15, -0.1) is 0 Å². The highest BCUT2D eigenvalue weighted by molar-refractivity contribution is 5.74. The molecule has 182 valence electrons. The van der Waals surface area contributed by atoms with Gasteiger partial charge >= 0.3 is 12.0 Å². The van der Waals surface area contributed by atoms with Gasteiger partial charge in [-0.05, 0) is 49.8 Å². The minimum atomic E-state index is -0.960. The van der Waals surface area contributed by atoms with Gasteiger partial charge in [-0.3, -0.25) is 0 Å². The van der Waals surface area contributed by atoms with E-state index in [0.29, 0.717) is 44.4 Å². The van der Waals surface area contributed by atoms with Crippen LogP contribution in [-0.2, 0) is 16.0 Å². The molecule has 7 nitrogen and oxygen atoms in total. The summed E-state index contributed by atoms with van der Waals surface area (Å²) >= 11 is 0. The highest BCUT2D eigenvalue weighted by atomic mass is 16.5. The molecule has 0 aliphatic heterocycles. The Hall–Kier alpha value is -2.28. The highest BCUT2D eigenvalue weighted by Crippen LogP contribution is 2.17. The number of carbonyl (C=O) groups is 2. The van der Waals surface area contributed by atoms with Gasteiger partial charge in [0.2, 0.25) is 0 Å². The van der Waals surface area contributed by atoms with Crippen LogP contribution >= 0.6 is 0 Å². The second kappa shape index (κ2) is 16.4. The molecular formula is C25H42N2O5. The van der Waals surface area contributed by atoms with Crippen LogP contribution in [0, 0.1) is 5.92 Å². The van der Waals surface area contributed by atoms with E-state index in [0.717, 1.165) is 44.2 Å². The highest BCUT2D eigenvalue weighted by Gasteiger charge is 2.19. The summed E-state index contributed by atoms with van der Waals surface area (Å²) in [6.45, 7) is 10.9. The molecule has 1 rings (SSSR count). The van der Waals surface area contributed by atoms with Crippen molar-refractivity contribution >= 4 is 12.0 Å². The zero-order valence-corrected chi connectivity index (χ0v) is 20.3. The van der Waals surface area contributed by atoms with Crippen LogP contribution in [0.1, 0.15) is 65.4 Å². The summed E-state index contributed by atoms with van der Waals surface area (Å²) in [7, 11) is 0. The van der Waals surface area contributed by atoms with Gasteiger partial charge in [0.1, 0.15) is 12.4 Å². The average molecular weight is 451 g/mol. The number of nitrogens with zero attached hydrogens (tertiary/aromatic N) is 1. The van der Waals surface area contributed by atoms with Crippen LogP contribution in [0.4, 0.5) is 4.79 Å². The largest absolute Gasteiger partial charge is 0.492 e. The SMILES string of the molecule is CCCNC(=O)N(CCOc1ccc(CC(OCC)C(=O)O)cc1)CC(CCC)CCC. The Balaban J connectivity index is 2.65. The monoisotopic (exact) mass is 450 g/mol. The standard InChI is InChI=1S/C25H42N2O5/c1-5-9-21(10-6-2)19-27(25(30)26-15-7-3)16-17-32-22-13-11-20(12-14-22)18-23(24(28)29)31-8-4/h11-14,21,23H,5-10,15-19H2,1-4H3,(H,26,30)(H,28,29). The number of carbonyl (C=O) groups excluding carboxylic acids is 1. The van der Waals surface area contributed by atoms with Gasteiger partial charge in [0.15, 0.2) is 6.10 Å². The van der Waals surface area contributed by atoms with E-state index < -0.39 is 12.1 Å². The molecule has 0 heterocycles. The third-order valence-corrected chi connectivity index (χ3v) is 5.30. The number of carboxylic acids is 1. The fourth-order valence-corrected chi connectivity index (χ4v) is 3.70. The van der Waals surface area contributed by atoms with Gasteiger partial charge < -0.3 is 24.8 Å². The maximum atomic E-state index is 12.6. The van der Waals surface area contributed by atoms with Gasteiger partial charge in [0.05, 0.1) is 6.54 Å². The van der Waals surface area contributed by atoms with Crippen LogP contribution < -0.4 is 10.1 Å². The molecule has 7 heteroatoms. The van der Waals surface area contributed by atoms with E-state index in [1.807, 2.05) is 36.1 Å². The van der Waals surface area contributed by atoms with Crippen molar-refractivity contribution in [3.63, 3.8) is 0 Å². The average Bonchev–Trinajstić information content (AvgIpc) is 2.77. The molecule has 0 spiro atoms. The Kier molecular flexibility index (Phi) is 14.2. The molecule has 0 aliphatic carbocycles. The molecular weight excluding hydrogens is 408 g/mol. The molecule has 0 saturated heterocycles. The van der Waals surface area contributed by atoms with Crippen molar-refractivity contribution in [1.29, 1.82) is 0 Å². The molecule has 2 amide bonds. The molecule has 32 heavy (non-hydrogen) atoms. The molecule has 1 unspecified atom stereocenters. The molecule has 0 aromatic heterocycles. The summed E-state index contributed by atoms with van der Waals surface area (Å²) < 4.78 is 11.1. The first-order chi connectivity index (χ1) is 15.4. The first-order valence-corrected chi connectivity index (χ1v) is 12.0. The lowest BCUT2D eigenvalue weighted by Gasteiger charge is -2.28. The Bertz CT molecular complexity index is 644. The van der Waals surface area contributed by atoms with Gasteiger partial charge in [0.25, 0.3) is 0 Å². The molecule has 0 radical (unpaired) electrons. The van der Waals surface area contributed by atoms with Crippen molar-refractivity contribution in [3.05, 3.63) is 29.8 Å². The lowest BCUT2D eigenvalue weighted by molar-refractivity contribution is -0.149. The molecule has 0 fully saturated rings. The third-order valence-electron chi connectivity index (χ3n) is 5.30. The van der Waals surface area contributed by atoms with Crippen molar-refractivity contribution in [3.8, 4) is 5.75 Å². The minimum Gasteiger partial charge on any atom is -0.492 e. The zero-order chi connectivity index (χ0) is 23.8. The summed E-state index contributed by atoms with van der Waals surface area (Å²) in [4.78, 5) is 25.8. The maximum absolute atomic E-state index is 12.6. The smallest absolute Gasteiger partial charge is 0.333 e. The normalized spacial score (nSPS) is 11.9. The van der Waals surface area contributed by atoms with Gasteiger partial charge in [-0.25, -0.2) is 9.59 Å². The Morgan fingerprint density at radius 1 is 1.03 bits per heavy atom. The van der Waals surface area contributed by atoms with Crippen LogP contribution in [-0.4, -0.2) is 61.0 Å². The number of benzene rings is 1. The molecule has 1 atom stereocenters. The van der Waals surface area contributed by atoms with Crippen LogP contribution in [0.5, 0.6) is 5.75 Å². The Morgan fingerprint density at radius 3 is 2.22 bits per heavy atom. The molecule has 0 bridgehead atoms. The van der Waals surface area contributed by atoms with Crippen LogP contribution in [0.25, 0.3) is 0 Å². The molecule has 0 saturated carbocycles. The lowest BCUT2D eigenvalue weighted by Crippen LogP contribution is -2.44. The second-order valence-electron chi connectivity index (χ2n) is 8.10. The summed E-state index contributed by atoms with van der Waals surface area (Å²) in [6, 6.07) is 7.35. The quantitative estimate of drug-likeness (QED) is 0.358. The van der Waals surface area contributed by atoms with E-state index in [2.05, 4.69) is 19.2 Å². The molecule has 1 aromatic rings. The maximum Gasteiger partial charge on any atom is 0.333 e. The predicted molar refractivity (Wildman–Crippen MR) is 127 cm³/mol. The van der Waals surface area contributed by atoms with Crippen molar-refractivity contribution in [2.24, 2.45) is 5.92 Å². The van der Waals surface area contributed by atoms with E-state index in [4.69, 9.17) is 9.47 Å². The van der Waals surface area contributed by atoms with Crippen molar-refractivity contribution < 1.29 is 24.2 Å². The number of hydrogen-bond acceptors (Lipinski definition) is 4. The Labute approximate surface area is 193 Å². The van der Waals surface area contributed by atoms with E-state index in [9.17, 15) is 14.7 Å². The predicted octanol–water partition coefficient (Wildman–Crippen LogP) is 4.74. The number of urea groups is 1.